The maximum Gasteiger partial charge on any atom is 0.237 e. The fraction of sp³-hybridized carbons (Fsp3) is 0.360. The van der Waals surface area contributed by atoms with E-state index in [0.29, 0.717) is 16.8 Å². The molecule has 6 rings (SSSR count). The number of thioether (sulfide) groups is 1. The van der Waals surface area contributed by atoms with Crippen LogP contribution in [-0.4, -0.2) is 62.5 Å². The minimum Gasteiger partial charge on any atom is -0.327 e. The van der Waals surface area contributed by atoms with Crippen LogP contribution >= 0.6 is 11.8 Å². The lowest BCUT2D eigenvalue weighted by Gasteiger charge is -2.36. The van der Waals surface area contributed by atoms with Gasteiger partial charge in [0.1, 0.15) is 5.52 Å². The van der Waals surface area contributed by atoms with E-state index in [2.05, 4.69) is 53.3 Å². The number of amides is 1. The quantitative estimate of drug-likeness (QED) is 0.436. The predicted molar refractivity (Wildman–Crippen MR) is 132 cm³/mol. The number of aryl methyl sites for hydroxylation is 2. The van der Waals surface area contributed by atoms with Crippen molar-refractivity contribution in [3.63, 3.8) is 0 Å². The largest absolute Gasteiger partial charge is 0.327 e. The number of rotatable bonds is 3. The molecule has 2 aromatic carbocycles. The summed E-state index contributed by atoms with van der Waals surface area (Å²) in [5.74, 6) is 0.782. The molecule has 0 aliphatic carbocycles. The molecule has 1 fully saturated rings. The van der Waals surface area contributed by atoms with Gasteiger partial charge in [-0.25, -0.2) is 4.98 Å². The summed E-state index contributed by atoms with van der Waals surface area (Å²) < 4.78 is 2.04. The van der Waals surface area contributed by atoms with Crippen molar-refractivity contribution < 1.29 is 4.79 Å². The van der Waals surface area contributed by atoms with Gasteiger partial charge in [-0.3, -0.25) is 4.79 Å². The highest BCUT2D eigenvalue weighted by atomic mass is 32.2. The number of piperidine rings is 1. The first kappa shape index (κ1) is 20.6. The molecule has 0 saturated carbocycles. The van der Waals surface area contributed by atoms with E-state index in [1.807, 2.05) is 34.7 Å². The Bertz CT molecular complexity index is 1400. The molecule has 0 unspecified atom stereocenters. The Morgan fingerprint density at radius 2 is 2.00 bits per heavy atom. The van der Waals surface area contributed by atoms with E-state index in [4.69, 9.17) is 4.98 Å². The second-order valence-electron chi connectivity index (χ2n) is 9.18. The summed E-state index contributed by atoms with van der Waals surface area (Å²) in [5, 5.41) is 10.3. The van der Waals surface area contributed by atoms with Gasteiger partial charge in [0, 0.05) is 36.6 Å². The normalized spacial score (nSPS) is 20.4. The average molecular weight is 459 g/mol. The molecular weight excluding hydrogens is 432 g/mol. The third-order valence-corrected chi connectivity index (χ3v) is 7.86. The van der Waals surface area contributed by atoms with Gasteiger partial charge >= 0.3 is 0 Å². The van der Waals surface area contributed by atoms with Crippen LogP contribution in [0.15, 0.2) is 47.6 Å². The molecule has 4 aromatic rings. The maximum absolute atomic E-state index is 13.5. The summed E-state index contributed by atoms with van der Waals surface area (Å²) in [7, 11) is 4.15. The number of hydrogen-bond acceptors (Lipinski definition) is 6. The van der Waals surface area contributed by atoms with E-state index in [1.54, 1.807) is 0 Å². The summed E-state index contributed by atoms with van der Waals surface area (Å²) >= 11 is 1.37. The Kier molecular flexibility index (Phi) is 4.88. The fourth-order valence-corrected chi connectivity index (χ4v) is 6.10. The molecule has 7 nitrogen and oxygen atoms in total. The third kappa shape index (κ3) is 3.31. The standard InChI is InChI=1S/C25H26N6OS/c1-15-8-9-20-17(12-15)18-13-29(2)11-10-21(18)31(20)22(32)14-33-25-26-24-23(27-28-25)16-6-4-5-7-19(16)30(24)3/h4-9,12,18,21H,10-11,13-14H2,1-3H3/t18-,21+/m1/s1. The van der Waals surface area contributed by atoms with E-state index < -0.39 is 0 Å². The van der Waals surface area contributed by atoms with Crippen LogP contribution < -0.4 is 4.90 Å². The zero-order valence-electron chi connectivity index (χ0n) is 19.0. The Balaban J connectivity index is 1.27. The van der Waals surface area contributed by atoms with Crippen LogP contribution in [0.1, 0.15) is 23.5 Å². The Morgan fingerprint density at radius 3 is 2.88 bits per heavy atom. The van der Waals surface area contributed by atoms with E-state index in [-0.39, 0.29) is 11.9 Å². The lowest BCUT2D eigenvalue weighted by Crippen LogP contribution is -2.47. The molecule has 2 atom stereocenters. The lowest BCUT2D eigenvalue weighted by atomic mass is 9.89. The minimum atomic E-state index is 0.114. The molecule has 1 saturated heterocycles. The third-order valence-electron chi connectivity index (χ3n) is 7.03. The number of benzene rings is 2. The Labute approximate surface area is 196 Å². The van der Waals surface area contributed by atoms with Gasteiger partial charge in [-0.05, 0) is 44.6 Å². The van der Waals surface area contributed by atoms with Gasteiger partial charge in [-0.2, -0.15) is 0 Å². The van der Waals surface area contributed by atoms with Crippen molar-refractivity contribution >= 4 is 45.4 Å². The summed E-state index contributed by atoms with van der Waals surface area (Å²) in [6, 6.07) is 14.8. The van der Waals surface area contributed by atoms with Crippen LogP contribution in [-0.2, 0) is 11.8 Å². The van der Waals surface area contributed by atoms with E-state index in [9.17, 15) is 4.79 Å². The number of carbonyl (C=O) groups excluding carboxylic acids is 1. The van der Waals surface area contributed by atoms with Gasteiger partial charge in [-0.15, -0.1) is 10.2 Å². The molecule has 2 aromatic heterocycles. The molecule has 0 bridgehead atoms. The smallest absolute Gasteiger partial charge is 0.237 e. The van der Waals surface area contributed by atoms with Crippen molar-refractivity contribution in [1.29, 1.82) is 0 Å². The zero-order chi connectivity index (χ0) is 22.7. The summed E-state index contributed by atoms with van der Waals surface area (Å²) in [6.45, 7) is 4.12. The van der Waals surface area contributed by atoms with Crippen molar-refractivity contribution in [2.24, 2.45) is 7.05 Å². The molecule has 0 N–H and O–H groups in total. The van der Waals surface area contributed by atoms with Crippen molar-refractivity contribution in [2.45, 2.75) is 30.5 Å². The van der Waals surface area contributed by atoms with Crippen LogP contribution in [0.2, 0.25) is 0 Å². The monoisotopic (exact) mass is 458 g/mol. The molecule has 168 valence electrons. The summed E-state index contributed by atoms with van der Waals surface area (Å²) in [6.07, 6.45) is 0.991. The topological polar surface area (TPSA) is 67.2 Å². The molecule has 0 spiro atoms. The first-order valence-corrected chi connectivity index (χ1v) is 12.3. The number of hydrogen-bond donors (Lipinski definition) is 0. The molecule has 8 heteroatoms. The number of fused-ring (bicyclic) bond motifs is 6. The highest BCUT2D eigenvalue weighted by molar-refractivity contribution is 7.99. The summed E-state index contributed by atoms with van der Waals surface area (Å²) in [5.41, 5.74) is 6.27. The van der Waals surface area contributed by atoms with Crippen LogP contribution in [0.4, 0.5) is 5.69 Å². The van der Waals surface area contributed by atoms with Crippen LogP contribution in [0.25, 0.3) is 22.1 Å². The highest BCUT2D eigenvalue weighted by Gasteiger charge is 2.43. The minimum absolute atomic E-state index is 0.114. The van der Waals surface area contributed by atoms with Crippen molar-refractivity contribution in [3.05, 3.63) is 53.6 Å². The number of carbonyl (C=O) groups is 1. The lowest BCUT2D eigenvalue weighted by molar-refractivity contribution is -0.116. The van der Waals surface area contributed by atoms with Gasteiger partial charge in [0.15, 0.2) is 5.65 Å². The maximum atomic E-state index is 13.5. The number of likely N-dealkylation sites (tertiary alicyclic amines) is 1. The first-order chi connectivity index (χ1) is 16.0. The van der Waals surface area contributed by atoms with E-state index in [1.165, 1.54) is 22.9 Å². The van der Waals surface area contributed by atoms with Gasteiger partial charge in [0.05, 0.1) is 11.3 Å². The molecule has 33 heavy (non-hydrogen) atoms. The van der Waals surface area contributed by atoms with Crippen LogP contribution in [0, 0.1) is 6.92 Å². The second kappa shape index (κ2) is 7.81. The Morgan fingerprint density at radius 1 is 1.15 bits per heavy atom. The molecule has 1 amide bonds. The number of nitrogens with zero attached hydrogens (tertiary/aromatic N) is 6. The molecule has 2 aliphatic rings. The van der Waals surface area contributed by atoms with E-state index >= 15 is 0 Å². The summed E-state index contributed by atoms with van der Waals surface area (Å²) in [4.78, 5) is 22.6. The van der Waals surface area contributed by atoms with Gasteiger partial charge < -0.3 is 14.4 Å². The van der Waals surface area contributed by atoms with Crippen molar-refractivity contribution in [2.75, 3.05) is 30.8 Å². The second-order valence-corrected chi connectivity index (χ2v) is 10.1. The number of aromatic nitrogens is 4. The van der Waals surface area contributed by atoms with Gasteiger partial charge in [-0.1, -0.05) is 47.7 Å². The first-order valence-electron chi connectivity index (χ1n) is 11.3. The predicted octanol–water partition coefficient (Wildman–Crippen LogP) is 3.75. The SMILES string of the molecule is Cc1ccc2c(c1)[C@H]1CN(C)CC[C@@H]1N2C(=O)CSc1nnc2c3ccccc3n(C)c2n1. The molecule has 0 radical (unpaired) electrons. The van der Waals surface area contributed by atoms with Crippen LogP contribution in [0.3, 0.4) is 0 Å². The number of likely N-dealkylation sites (N-methyl/N-ethyl adjacent to an activating group) is 1. The average Bonchev–Trinajstić information content (AvgIpc) is 3.29. The van der Waals surface area contributed by atoms with Crippen molar-refractivity contribution in [3.8, 4) is 0 Å². The molecule has 4 heterocycles. The number of anilines is 1. The van der Waals surface area contributed by atoms with Gasteiger partial charge in [0.25, 0.3) is 0 Å². The fourth-order valence-electron chi connectivity index (χ4n) is 5.45. The number of para-hydroxylation sites is 1. The van der Waals surface area contributed by atoms with Gasteiger partial charge in [0.2, 0.25) is 11.1 Å². The van der Waals surface area contributed by atoms with Crippen LogP contribution in [0.5, 0.6) is 0 Å². The highest BCUT2D eigenvalue weighted by Crippen LogP contribution is 2.45. The Hall–Kier alpha value is -2.97. The zero-order valence-corrected chi connectivity index (χ0v) is 19.8. The van der Waals surface area contributed by atoms with E-state index in [0.717, 1.165) is 47.3 Å². The van der Waals surface area contributed by atoms with Crippen molar-refractivity contribution in [1.82, 2.24) is 24.6 Å². The molecule has 2 aliphatic heterocycles. The molecular formula is C25H26N6OS.